The van der Waals surface area contributed by atoms with Crippen molar-refractivity contribution in [1.29, 1.82) is 0 Å². The van der Waals surface area contributed by atoms with Gasteiger partial charge in [-0.25, -0.2) is 0 Å². The average molecular weight is 325 g/mol. The molecule has 0 bridgehead atoms. The molecule has 0 aromatic carbocycles. The van der Waals surface area contributed by atoms with Gasteiger partial charge < -0.3 is 15.2 Å². The molecule has 0 saturated carbocycles. The van der Waals surface area contributed by atoms with E-state index < -0.39 is 11.9 Å². The number of amides is 1. The molecule has 1 unspecified atom stereocenters. The van der Waals surface area contributed by atoms with Crippen LogP contribution >= 0.6 is 11.3 Å². The molecule has 1 aromatic rings. The minimum absolute atomic E-state index is 0.0721. The molecular weight excluding hydrogens is 302 g/mol. The van der Waals surface area contributed by atoms with Crippen molar-refractivity contribution in [2.24, 2.45) is 11.8 Å². The molecule has 2 rings (SSSR count). The fraction of sp³-hybridized carbons (Fsp3) is 0.625. The van der Waals surface area contributed by atoms with Crippen LogP contribution in [0.5, 0.6) is 0 Å². The number of carboxylic acid groups (broad SMARTS) is 1. The Morgan fingerprint density at radius 1 is 1.45 bits per heavy atom. The normalized spacial score (nSPS) is 17.2. The highest BCUT2D eigenvalue weighted by molar-refractivity contribution is 7.14. The summed E-state index contributed by atoms with van der Waals surface area (Å²) in [4.78, 5) is 25.5. The smallest absolute Gasteiger partial charge is 0.308 e. The predicted molar refractivity (Wildman–Crippen MR) is 85.4 cm³/mol. The maximum atomic E-state index is 12.2. The molecule has 1 aromatic heterocycles. The molecule has 1 saturated heterocycles. The fourth-order valence-corrected chi connectivity index (χ4v) is 3.88. The lowest BCUT2D eigenvalue weighted by atomic mass is 9.86. The lowest BCUT2D eigenvalue weighted by Gasteiger charge is -2.27. The highest BCUT2D eigenvalue weighted by atomic mass is 32.1. The Kier molecular flexibility index (Phi) is 5.97. The SMILES string of the molecule is CCc1sc(C(=O)NCC(C(=O)O)C2CCOCC2)cc1C. The third-order valence-electron chi connectivity index (χ3n) is 4.20. The quantitative estimate of drug-likeness (QED) is 0.842. The first-order chi connectivity index (χ1) is 10.5. The number of carbonyl (C=O) groups excluding carboxylic acids is 1. The molecule has 0 spiro atoms. The van der Waals surface area contributed by atoms with E-state index in [2.05, 4.69) is 12.2 Å². The van der Waals surface area contributed by atoms with Crippen LogP contribution in [0.2, 0.25) is 0 Å². The predicted octanol–water partition coefficient (Wildman–Crippen LogP) is 2.48. The first-order valence-corrected chi connectivity index (χ1v) is 8.52. The van der Waals surface area contributed by atoms with Crippen molar-refractivity contribution < 1.29 is 19.4 Å². The molecule has 1 aliphatic rings. The van der Waals surface area contributed by atoms with E-state index in [0.717, 1.165) is 24.8 Å². The molecule has 6 heteroatoms. The molecule has 1 fully saturated rings. The van der Waals surface area contributed by atoms with Gasteiger partial charge in [0.1, 0.15) is 0 Å². The van der Waals surface area contributed by atoms with E-state index in [9.17, 15) is 14.7 Å². The van der Waals surface area contributed by atoms with Crippen LogP contribution in [-0.4, -0.2) is 36.7 Å². The Morgan fingerprint density at radius 3 is 2.68 bits per heavy atom. The molecule has 1 aliphatic heterocycles. The maximum absolute atomic E-state index is 12.2. The van der Waals surface area contributed by atoms with Crippen LogP contribution < -0.4 is 5.32 Å². The topological polar surface area (TPSA) is 75.6 Å². The summed E-state index contributed by atoms with van der Waals surface area (Å²) in [7, 11) is 0. The zero-order valence-electron chi connectivity index (χ0n) is 13.1. The molecule has 1 amide bonds. The van der Waals surface area contributed by atoms with E-state index >= 15 is 0 Å². The van der Waals surface area contributed by atoms with Crippen molar-refractivity contribution in [2.75, 3.05) is 19.8 Å². The number of rotatable bonds is 6. The van der Waals surface area contributed by atoms with E-state index in [1.807, 2.05) is 13.0 Å². The van der Waals surface area contributed by atoms with Crippen molar-refractivity contribution >= 4 is 23.2 Å². The van der Waals surface area contributed by atoms with Crippen molar-refractivity contribution in [1.82, 2.24) is 5.32 Å². The molecule has 0 radical (unpaired) electrons. The van der Waals surface area contributed by atoms with Gasteiger partial charge in [0, 0.05) is 24.6 Å². The van der Waals surface area contributed by atoms with E-state index in [-0.39, 0.29) is 18.4 Å². The fourth-order valence-electron chi connectivity index (χ4n) is 2.85. The van der Waals surface area contributed by atoms with E-state index in [1.54, 1.807) is 0 Å². The van der Waals surface area contributed by atoms with Gasteiger partial charge in [-0.15, -0.1) is 11.3 Å². The lowest BCUT2D eigenvalue weighted by molar-refractivity contribution is -0.144. The van der Waals surface area contributed by atoms with Crippen LogP contribution in [0.25, 0.3) is 0 Å². The molecule has 0 aliphatic carbocycles. The summed E-state index contributed by atoms with van der Waals surface area (Å²) < 4.78 is 5.27. The molecule has 2 N–H and O–H groups in total. The van der Waals surface area contributed by atoms with Gasteiger partial charge in [0.15, 0.2) is 0 Å². The Hall–Kier alpha value is -1.40. The van der Waals surface area contributed by atoms with Gasteiger partial charge in [-0.2, -0.15) is 0 Å². The minimum Gasteiger partial charge on any atom is -0.481 e. The van der Waals surface area contributed by atoms with Crippen LogP contribution in [0, 0.1) is 18.8 Å². The zero-order chi connectivity index (χ0) is 16.1. The second-order valence-electron chi connectivity index (χ2n) is 5.67. The third kappa shape index (κ3) is 4.08. The summed E-state index contributed by atoms with van der Waals surface area (Å²) in [6.07, 6.45) is 2.39. The van der Waals surface area contributed by atoms with Gasteiger partial charge in [-0.1, -0.05) is 6.92 Å². The van der Waals surface area contributed by atoms with Crippen LogP contribution in [0.1, 0.15) is 39.9 Å². The van der Waals surface area contributed by atoms with Crippen LogP contribution in [0.15, 0.2) is 6.07 Å². The average Bonchev–Trinajstić information content (AvgIpc) is 2.89. The van der Waals surface area contributed by atoms with Crippen molar-refractivity contribution in [2.45, 2.75) is 33.1 Å². The first-order valence-electron chi connectivity index (χ1n) is 7.71. The molecule has 5 nitrogen and oxygen atoms in total. The standard InChI is InChI=1S/C16H23NO4S/c1-3-13-10(2)8-14(22-13)15(18)17-9-12(16(19)20)11-4-6-21-7-5-11/h8,11-12H,3-7,9H2,1-2H3,(H,17,18)(H,19,20). The lowest BCUT2D eigenvalue weighted by Crippen LogP contribution is -2.38. The number of ether oxygens (including phenoxy) is 1. The molecule has 122 valence electrons. The summed E-state index contributed by atoms with van der Waals surface area (Å²) in [5, 5.41) is 12.2. The maximum Gasteiger partial charge on any atom is 0.308 e. The second-order valence-corrected chi connectivity index (χ2v) is 6.81. The summed E-state index contributed by atoms with van der Waals surface area (Å²) >= 11 is 1.48. The van der Waals surface area contributed by atoms with Gasteiger partial charge in [0.2, 0.25) is 0 Å². The van der Waals surface area contributed by atoms with Crippen LogP contribution in [0.3, 0.4) is 0 Å². The van der Waals surface area contributed by atoms with Crippen LogP contribution in [0.4, 0.5) is 0 Å². The number of hydrogen-bond donors (Lipinski definition) is 2. The monoisotopic (exact) mass is 325 g/mol. The molecular formula is C16H23NO4S. The molecule has 2 heterocycles. The Bertz CT molecular complexity index is 534. The summed E-state index contributed by atoms with van der Waals surface area (Å²) in [5.74, 6) is -1.49. The van der Waals surface area contributed by atoms with Gasteiger partial charge in [0.25, 0.3) is 5.91 Å². The minimum atomic E-state index is -0.844. The van der Waals surface area contributed by atoms with Gasteiger partial charge >= 0.3 is 5.97 Å². The Balaban J connectivity index is 1.96. The first kappa shape index (κ1) is 17.0. The number of aryl methyl sites for hydroxylation is 2. The second kappa shape index (κ2) is 7.74. The third-order valence-corrected chi connectivity index (χ3v) is 5.58. The number of carbonyl (C=O) groups is 2. The van der Waals surface area contributed by atoms with Crippen molar-refractivity contribution in [3.8, 4) is 0 Å². The largest absolute Gasteiger partial charge is 0.481 e. The Morgan fingerprint density at radius 2 is 2.14 bits per heavy atom. The van der Waals surface area contributed by atoms with Gasteiger partial charge in [-0.3, -0.25) is 9.59 Å². The van der Waals surface area contributed by atoms with Crippen molar-refractivity contribution in [3.05, 3.63) is 21.4 Å². The summed E-state index contributed by atoms with van der Waals surface area (Å²) in [6, 6.07) is 1.88. The number of carboxylic acids is 1. The highest BCUT2D eigenvalue weighted by Crippen LogP contribution is 2.25. The van der Waals surface area contributed by atoms with Gasteiger partial charge in [-0.05, 0) is 43.7 Å². The number of nitrogens with one attached hydrogen (secondary N) is 1. The zero-order valence-corrected chi connectivity index (χ0v) is 13.9. The van der Waals surface area contributed by atoms with E-state index in [4.69, 9.17) is 4.74 Å². The molecule has 1 atom stereocenters. The van der Waals surface area contributed by atoms with E-state index in [1.165, 1.54) is 16.2 Å². The summed E-state index contributed by atoms with van der Waals surface area (Å²) in [6.45, 7) is 5.44. The summed E-state index contributed by atoms with van der Waals surface area (Å²) in [5.41, 5.74) is 1.12. The molecule has 22 heavy (non-hydrogen) atoms. The highest BCUT2D eigenvalue weighted by Gasteiger charge is 2.30. The van der Waals surface area contributed by atoms with E-state index in [0.29, 0.717) is 18.1 Å². The van der Waals surface area contributed by atoms with Gasteiger partial charge in [0.05, 0.1) is 10.8 Å². The number of hydrogen-bond acceptors (Lipinski definition) is 4. The number of aliphatic carboxylic acids is 1. The number of thiophene rings is 1. The van der Waals surface area contributed by atoms with Crippen LogP contribution in [-0.2, 0) is 16.0 Å². The Labute approximate surface area is 134 Å². The van der Waals surface area contributed by atoms with Crippen molar-refractivity contribution in [3.63, 3.8) is 0 Å².